The minimum absolute atomic E-state index is 0.0370. The molecule has 0 aliphatic rings. The highest BCUT2D eigenvalue weighted by molar-refractivity contribution is 6.32. The van der Waals surface area contributed by atoms with Crippen molar-refractivity contribution in [2.75, 3.05) is 7.05 Å². The number of urea groups is 1. The molecule has 2 amide bonds. The molecule has 2 N–H and O–H groups in total. The van der Waals surface area contributed by atoms with E-state index in [2.05, 4.69) is 15.7 Å². The van der Waals surface area contributed by atoms with Crippen molar-refractivity contribution in [1.82, 2.24) is 20.4 Å². The summed E-state index contributed by atoms with van der Waals surface area (Å²) in [6.07, 6.45) is -4.58. The number of aryl methyl sites for hydroxylation is 1. The Morgan fingerprint density at radius 2 is 2.12 bits per heavy atom. The fourth-order valence-corrected chi connectivity index (χ4v) is 1.56. The van der Waals surface area contributed by atoms with E-state index in [4.69, 9.17) is 11.6 Å². The SMILES string of the molecule is CNC(=O)NCc1nn(C)c(C(F)(F)F)c1Cl. The molecule has 0 radical (unpaired) electrons. The number of nitrogens with one attached hydrogen (secondary N) is 2. The Morgan fingerprint density at radius 3 is 2.53 bits per heavy atom. The van der Waals surface area contributed by atoms with Crippen LogP contribution in [-0.4, -0.2) is 22.9 Å². The van der Waals surface area contributed by atoms with Gasteiger partial charge < -0.3 is 10.6 Å². The summed E-state index contributed by atoms with van der Waals surface area (Å²) in [5.41, 5.74) is -1.07. The second-order valence-corrected chi connectivity index (χ2v) is 3.54. The summed E-state index contributed by atoms with van der Waals surface area (Å²) in [5.74, 6) is 0. The zero-order valence-electron chi connectivity index (χ0n) is 9.02. The van der Waals surface area contributed by atoms with Crippen molar-refractivity contribution in [3.05, 3.63) is 16.4 Å². The van der Waals surface area contributed by atoms with Crippen LogP contribution in [0.25, 0.3) is 0 Å². The topological polar surface area (TPSA) is 59.0 Å². The number of hydrogen-bond donors (Lipinski definition) is 2. The molecule has 0 atom stereocenters. The Morgan fingerprint density at radius 1 is 1.53 bits per heavy atom. The molecule has 96 valence electrons. The number of amides is 2. The van der Waals surface area contributed by atoms with E-state index >= 15 is 0 Å². The van der Waals surface area contributed by atoms with Crippen molar-refractivity contribution in [3.63, 3.8) is 0 Å². The van der Waals surface area contributed by atoms with Gasteiger partial charge in [0.2, 0.25) is 0 Å². The second kappa shape index (κ2) is 4.82. The molecule has 1 heterocycles. The molecule has 0 aliphatic carbocycles. The van der Waals surface area contributed by atoms with Crippen LogP contribution < -0.4 is 10.6 Å². The summed E-state index contributed by atoms with van der Waals surface area (Å²) in [6, 6.07) is -0.528. The van der Waals surface area contributed by atoms with E-state index < -0.39 is 22.9 Å². The number of rotatable bonds is 2. The summed E-state index contributed by atoms with van der Waals surface area (Å²) >= 11 is 5.57. The number of alkyl halides is 3. The lowest BCUT2D eigenvalue weighted by molar-refractivity contribution is -0.143. The van der Waals surface area contributed by atoms with Gasteiger partial charge in [0.15, 0.2) is 5.69 Å². The molecule has 9 heteroatoms. The van der Waals surface area contributed by atoms with Crippen molar-refractivity contribution in [2.24, 2.45) is 7.05 Å². The Balaban J connectivity index is 2.93. The van der Waals surface area contributed by atoms with Gasteiger partial charge in [-0.1, -0.05) is 11.6 Å². The fourth-order valence-electron chi connectivity index (χ4n) is 1.23. The lowest BCUT2D eigenvalue weighted by Gasteiger charge is -2.06. The Hall–Kier alpha value is -1.44. The van der Waals surface area contributed by atoms with Gasteiger partial charge in [0.05, 0.1) is 11.6 Å². The van der Waals surface area contributed by atoms with E-state index in [1.54, 1.807) is 0 Å². The van der Waals surface area contributed by atoms with Crippen molar-refractivity contribution in [3.8, 4) is 0 Å². The molecule has 0 unspecified atom stereocenters. The molecule has 0 aliphatic heterocycles. The molecular weight excluding hydrogens is 261 g/mol. The smallest absolute Gasteiger partial charge is 0.341 e. The molecule has 0 spiro atoms. The largest absolute Gasteiger partial charge is 0.434 e. The van der Waals surface area contributed by atoms with Gasteiger partial charge in [-0.25, -0.2) is 4.79 Å². The number of halogens is 4. The molecule has 0 bridgehead atoms. The fraction of sp³-hybridized carbons (Fsp3) is 0.500. The van der Waals surface area contributed by atoms with E-state index in [1.165, 1.54) is 7.05 Å². The normalized spacial score (nSPS) is 11.4. The van der Waals surface area contributed by atoms with E-state index in [0.29, 0.717) is 4.68 Å². The molecular formula is C8H10ClF3N4O. The molecule has 0 aromatic carbocycles. The molecule has 0 saturated carbocycles. The monoisotopic (exact) mass is 270 g/mol. The van der Waals surface area contributed by atoms with E-state index in [0.717, 1.165) is 7.05 Å². The van der Waals surface area contributed by atoms with Crippen molar-refractivity contribution in [2.45, 2.75) is 12.7 Å². The first-order valence-corrected chi connectivity index (χ1v) is 4.89. The highest BCUT2D eigenvalue weighted by atomic mass is 35.5. The third kappa shape index (κ3) is 3.02. The van der Waals surface area contributed by atoms with E-state index in [-0.39, 0.29) is 12.2 Å². The molecule has 1 aromatic heterocycles. The summed E-state index contributed by atoms with van der Waals surface area (Å²) < 4.78 is 38.3. The number of carbonyl (C=O) groups excluding carboxylic acids is 1. The highest BCUT2D eigenvalue weighted by Gasteiger charge is 2.38. The Bertz CT molecular complexity index is 429. The summed E-state index contributed by atoms with van der Waals surface area (Å²) in [4.78, 5) is 10.9. The first kappa shape index (κ1) is 13.6. The predicted octanol–water partition coefficient (Wildman–Crippen LogP) is 1.52. The van der Waals surface area contributed by atoms with Gasteiger partial charge in [0, 0.05) is 14.1 Å². The lowest BCUT2D eigenvalue weighted by atomic mass is 10.3. The number of nitrogens with zero attached hydrogens (tertiary/aromatic N) is 2. The Kier molecular flexibility index (Phi) is 3.87. The maximum atomic E-state index is 12.5. The van der Waals surface area contributed by atoms with Gasteiger partial charge in [-0.05, 0) is 0 Å². The quantitative estimate of drug-likeness (QED) is 0.856. The van der Waals surface area contributed by atoms with Crippen LogP contribution in [0.1, 0.15) is 11.4 Å². The van der Waals surface area contributed by atoms with Gasteiger partial charge in [-0.2, -0.15) is 18.3 Å². The molecule has 1 aromatic rings. The van der Waals surface area contributed by atoms with Gasteiger partial charge in [0.1, 0.15) is 5.69 Å². The van der Waals surface area contributed by atoms with Gasteiger partial charge in [-0.15, -0.1) is 0 Å². The van der Waals surface area contributed by atoms with Gasteiger partial charge >= 0.3 is 12.2 Å². The van der Waals surface area contributed by atoms with Crippen LogP contribution >= 0.6 is 11.6 Å². The first-order chi connectivity index (χ1) is 7.77. The third-order valence-electron chi connectivity index (χ3n) is 1.97. The second-order valence-electron chi connectivity index (χ2n) is 3.16. The van der Waals surface area contributed by atoms with Crippen LogP contribution in [0.2, 0.25) is 5.02 Å². The highest BCUT2D eigenvalue weighted by Crippen LogP contribution is 2.35. The standard InChI is InChI=1S/C8H10ClF3N4O/c1-13-7(17)14-3-4-5(9)6(8(10,11)12)16(2)15-4/h3H2,1-2H3,(H2,13,14,17). The molecule has 1 rings (SSSR count). The van der Waals surface area contributed by atoms with Crippen LogP contribution in [-0.2, 0) is 19.8 Å². The van der Waals surface area contributed by atoms with Gasteiger partial charge in [-0.3, -0.25) is 4.68 Å². The predicted molar refractivity (Wildman–Crippen MR) is 54.5 cm³/mol. The van der Waals surface area contributed by atoms with E-state index in [9.17, 15) is 18.0 Å². The number of hydrogen-bond acceptors (Lipinski definition) is 2. The van der Waals surface area contributed by atoms with Crippen LogP contribution in [0.15, 0.2) is 0 Å². The number of carbonyl (C=O) groups is 1. The molecule has 0 saturated heterocycles. The number of aromatic nitrogens is 2. The van der Waals surface area contributed by atoms with Gasteiger partial charge in [0.25, 0.3) is 0 Å². The maximum absolute atomic E-state index is 12.5. The first-order valence-electron chi connectivity index (χ1n) is 4.51. The summed E-state index contributed by atoms with van der Waals surface area (Å²) in [5, 5.41) is 7.66. The summed E-state index contributed by atoms with van der Waals surface area (Å²) in [7, 11) is 2.52. The zero-order chi connectivity index (χ0) is 13.2. The Labute approximate surface area is 99.9 Å². The minimum Gasteiger partial charge on any atom is -0.341 e. The summed E-state index contributed by atoms with van der Waals surface area (Å²) in [6.45, 7) is -0.178. The lowest BCUT2D eigenvalue weighted by Crippen LogP contribution is -2.32. The molecule has 0 fully saturated rings. The van der Waals surface area contributed by atoms with Crippen LogP contribution in [0.4, 0.5) is 18.0 Å². The average Bonchev–Trinajstić information content (AvgIpc) is 2.49. The maximum Gasteiger partial charge on any atom is 0.434 e. The van der Waals surface area contributed by atoms with Crippen molar-refractivity contribution in [1.29, 1.82) is 0 Å². The zero-order valence-corrected chi connectivity index (χ0v) is 9.78. The average molecular weight is 271 g/mol. The minimum atomic E-state index is -4.58. The van der Waals surface area contributed by atoms with E-state index in [1.807, 2.05) is 0 Å². The van der Waals surface area contributed by atoms with Crippen molar-refractivity contribution >= 4 is 17.6 Å². The van der Waals surface area contributed by atoms with Crippen molar-refractivity contribution < 1.29 is 18.0 Å². The van der Waals surface area contributed by atoms with Crippen LogP contribution in [0, 0.1) is 0 Å². The van der Waals surface area contributed by atoms with Crippen LogP contribution in [0.5, 0.6) is 0 Å². The molecule has 5 nitrogen and oxygen atoms in total. The van der Waals surface area contributed by atoms with Crippen LogP contribution in [0.3, 0.4) is 0 Å². The third-order valence-corrected chi connectivity index (χ3v) is 2.36. The molecule has 17 heavy (non-hydrogen) atoms.